The lowest BCUT2D eigenvalue weighted by atomic mass is 10.1. The Morgan fingerprint density at radius 1 is 1.18 bits per heavy atom. The van der Waals surface area contributed by atoms with Crippen molar-refractivity contribution in [3.8, 4) is 0 Å². The highest BCUT2D eigenvalue weighted by molar-refractivity contribution is 7.92. The van der Waals surface area contributed by atoms with Crippen LogP contribution in [0, 0.1) is 0 Å². The van der Waals surface area contributed by atoms with Crippen molar-refractivity contribution in [3.05, 3.63) is 30.3 Å². The summed E-state index contributed by atoms with van der Waals surface area (Å²) >= 11 is 0. The normalized spacial score (nSPS) is 21.2. The zero-order valence-corrected chi connectivity index (χ0v) is 10.3. The molecule has 1 aromatic carbocycles. The molecule has 1 aliphatic heterocycles. The maximum absolute atomic E-state index is 12.4. The first-order valence-electron chi connectivity index (χ1n) is 5.66. The van der Waals surface area contributed by atoms with Gasteiger partial charge in [0.2, 0.25) is 6.41 Å². The van der Waals surface area contributed by atoms with Gasteiger partial charge in [0.15, 0.2) is 9.84 Å². The highest BCUT2D eigenvalue weighted by Gasteiger charge is 2.33. The summed E-state index contributed by atoms with van der Waals surface area (Å²) in [6, 6.07) is 8.32. The Hall–Kier alpha value is -1.36. The first-order chi connectivity index (χ1) is 8.16. The molecule has 0 saturated carbocycles. The van der Waals surface area contributed by atoms with Gasteiger partial charge in [-0.3, -0.25) is 4.79 Å². The smallest absolute Gasteiger partial charge is 0.210 e. The largest absolute Gasteiger partial charge is 0.328 e. The number of rotatable bonds is 3. The zero-order chi connectivity index (χ0) is 12.3. The molecule has 1 heterocycles. The summed E-state index contributed by atoms with van der Waals surface area (Å²) in [4.78, 5) is 12.6. The molecular weight excluding hydrogens is 238 g/mol. The monoisotopic (exact) mass is 253 g/mol. The van der Waals surface area contributed by atoms with E-state index in [-0.39, 0.29) is 0 Å². The van der Waals surface area contributed by atoms with Gasteiger partial charge < -0.3 is 4.90 Å². The zero-order valence-electron chi connectivity index (χ0n) is 9.45. The van der Waals surface area contributed by atoms with E-state index in [0.29, 0.717) is 24.3 Å². The van der Waals surface area contributed by atoms with Crippen LogP contribution in [0.4, 0.5) is 0 Å². The van der Waals surface area contributed by atoms with Crippen molar-refractivity contribution in [2.75, 3.05) is 6.54 Å². The minimum absolute atomic E-state index is 0.291. The van der Waals surface area contributed by atoms with Gasteiger partial charge in [0.1, 0.15) is 5.37 Å². The summed E-state index contributed by atoms with van der Waals surface area (Å²) in [5.74, 6) is 0. The fourth-order valence-electron chi connectivity index (χ4n) is 2.14. The summed E-state index contributed by atoms with van der Waals surface area (Å²) in [6.07, 6.45) is 2.89. The SMILES string of the molecule is O=CN1CCCCC1S(=O)(=O)c1ccccc1. The van der Waals surface area contributed by atoms with Crippen LogP contribution in [0.3, 0.4) is 0 Å². The summed E-state index contributed by atoms with van der Waals surface area (Å²) in [7, 11) is -3.43. The van der Waals surface area contributed by atoms with Gasteiger partial charge in [0, 0.05) is 6.54 Å². The van der Waals surface area contributed by atoms with Gasteiger partial charge in [-0.05, 0) is 31.4 Å². The second-order valence-corrected chi connectivity index (χ2v) is 6.26. The van der Waals surface area contributed by atoms with Crippen LogP contribution < -0.4 is 0 Å². The predicted octanol–water partition coefficient (Wildman–Crippen LogP) is 1.43. The fourth-order valence-corrected chi connectivity index (χ4v) is 3.98. The summed E-state index contributed by atoms with van der Waals surface area (Å²) < 4.78 is 24.7. The number of hydrogen-bond acceptors (Lipinski definition) is 3. The Morgan fingerprint density at radius 2 is 1.88 bits per heavy atom. The van der Waals surface area contributed by atoms with Gasteiger partial charge in [-0.1, -0.05) is 18.2 Å². The summed E-state index contributed by atoms with van der Waals surface area (Å²) in [5, 5.41) is -0.698. The van der Waals surface area contributed by atoms with Gasteiger partial charge in [-0.2, -0.15) is 0 Å². The van der Waals surface area contributed by atoms with Gasteiger partial charge >= 0.3 is 0 Å². The highest BCUT2D eigenvalue weighted by atomic mass is 32.2. The maximum Gasteiger partial charge on any atom is 0.210 e. The first kappa shape index (κ1) is 12.1. The van der Waals surface area contributed by atoms with E-state index >= 15 is 0 Å². The number of nitrogens with zero attached hydrogens (tertiary/aromatic N) is 1. The Kier molecular flexibility index (Phi) is 3.47. The predicted molar refractivity (Wildman–Crippen MR) is 64.0 cm³/mol. The third kappa shape index (κ3) is 2.34. The first-order valence-corrected chi connectivity index (χ1v) is 7.21. The van der Waals surface area contributed by atoms with Crippen LogP contribution in [-0.2, 0) is 14.6 Å². The lowest BCUT2D eigenvalue weighted by molar-refractivity contribution is -0.119. The number of carbonyl (C=O) groups excluding carboxylic acids is 1. The second-order valence-electron chi connectivity index (χ2n) is 4.15. The number of hydrogen-bond donors (Lipinski definition) is 0. The van der Waals surface area contributed by atoms with Crippen molar-refractivity contribution in [2.24, 2.45) is 0 Å². The fraction of sp³-hybridized carbons (Fsp3) is 0.417. The number of likely N-dealkylation sites (tertiary alicyclic amines) is 1. The van der Waals surface area contributed by atoms with E-state index in [9.17, 15) is 13.2 Å². The second kappa shape index (κ2) is 4.87. The average molecular weight is 253 g/mol. The van der Waals surface area contributed by atoms with E-state index in [0.717, 1.165) is 12.8 Å². The van der Waals surface area contributed by atoms with Crippen molar-refractivity contribution in [3.63, 3.8) is 0 Å². The Morgan fingerprint density at radius 3 is 2.53 bits per heavy atom. The third-order valence-electron chi connectivity index (χ3n) is 3.05. The molecule has 4 nitrogen and oxygen atoms in total. The van der Waals surface area contributed by atoms with Gasteiger partial charge in [-0.15, -0.1) is 0 Å². The minimum Gasteiger partial charge on any atom is -0.328 e. The lowest BCUT2D eigenvalue weighted by Gasteiger charge is -2.32. The van der Waals surface area contributed by atoms with Gasteiger partial charge in [0.25, 0.3) is 0 Å². The minimum atomic E-state index is -3.43. The molecule has 5 heteroatoms. The van der Waals surface area contributed by atoms with Crippen LogP contribution in [0.5, 0.6) is 0 Å². The van der Waals surface area contributed by atoms with Gasteiger partial charge in [-0.25, -0.2) is 8.42 Å². The number of piperidine rings is 1. The van der Waals surface area contributed by atoms with Crippen LogP contribution in [-0.4, -0.2) is 31.6 Å². The summed E-state index contributed by atoms with van der Waals surface area (Å²) in [6.45, 7) is 0.528. The third-order valence-corrected chi connectivity index (χ3v) is 5.20. The lowest BCUT2D eigenvalue weighted by Crippen LogP contribution is -2.43. The van der Waals surface area contributed by atoms with Crippen molar-refractivity contribution in [2.45, 2.75) is 29.5 Å². The highest BCUT2D eigenvalue weighted by Crippen LogP contribution is 2.25. The van der Waals surface area contributed by atoms with Crippen molar-refractivity contribution < 1.29 is 13.2 Å². The molecule has 1 fully saturated rings. The Labute approximate surface area is 101 Å². The average Bonchev–Trinajstić information content (AvgIpc) is 2.39. The maximum atomic E-state index is 12.4. The number of carbonyl (C=O) groups is 1. The Balaban J connectivity index is 2.34. The van der Waals surface area contributed by atoms with Crippen LogP contribution in [0.1, 0.15) is 19.3 Å². The van der Waals surface area contributed by atoms with E-state index in [1.807, 2.05) is 0 Å². The van der Waals surface area contributed by atoms with E-state index in [2.05, 4.69) is 0 Å². The van der Waals surface area contributed by atoms with Crippen molar-refractivity contribution >= 4 is 16.2 Å². The van der Waals surface area contributed by atoms with Crippen LogP contribution in [0.25, 0.3) is 0 Å². The molecule has 0 bridgehead atoms. The van der Waals surface area contributed by atoms with Crippen molar-refractivity contribution in [1.82, 2.24) is 4.90 Å². The topological polar surface area (TPSA) is 54.5 Å². The van der Waals surface area contributed by atoms with Gasteiger partial charge in [0.05, 0.1) is 4.90 Å². The standard InChI is InChI=1S/C12H15NO3S/c14-10-13-9-5-4-8-12(13)17(15,16)11-6-2-1-3-7-11/h1-3,6-7,10,12H,4-5,8-9H2. The number of benzene rings is 1. The van der Waals surface area contributed by atoms with E-state index in [1.54, 1.807) is 30.3 Å². The van der Waals surface area contributed by atoms with Crippen LogP contribution in [0.2, 0.25) is 0 Å². The molecule has 2 rings (SSSR count). The molecule has 0 radical (unpaired) electrons. The van der Waals surface area contributed by atoms with E-state index in [4.69, 9.17) is 0 Å². The van der Waals surface area contributed by atoms with Crippen molar-refractivity contribution in [1.29, 1.82) is 0 Å². The molecule has 17 heavy (non-hydrogen) atoms. The molecule has 1 amide bonds. The molecule has 0 spiro atoms. The molecule has 1 aliphatic rings. The number of sulfone groups is 1. The Bertz CT molecular complexity index is 484. The van der Waals surface area contributed by atoms with E-state index in [1.165, 1.54) is 4.90 Å². The van der Waals surface area contributed by atoms with Crippen LogP contribution >= 0.6 is 0 Å². The molecule has 0 aromatic heterocycles. The van der Waals surface area contributed by atoms with E-state index < -0.39 is 15.2 Å². The molecule has 1 aromatic rings. The quantitative estimate of drug-likeness (QED) is 0.766. The number of amides is 1. The molecule has 0 N–H and O–H groups in total. The van der Waals surface area contributed by atoms with Crippen LogP contribution in [0.15, 0.2) is 35.2 Å². The molecule has 1 atom stereocenters. The molecular formula is C12H15NO3S. The molecule has 0 aliphatic carbocycles. The summed E-state index contributed by atoms with van der Waals surface area (Å²) in [5.41, 5.74) is 0. The molecule has 92 valence electrons. The molecule has 1 unspecified atom stereocenters. The molecule has 1 saturated heterocycles.